The first-order valence-corrected chi connectivity index (χ1v) is 7.69. The number of sulfonamides is 1. The molecule has 0 heterocycles. The summed E-state index contributed by atoms with van der Waals surface area (Å²) in [6.45, 7) is -2.31. The number of nitrogens with two attached hydrogens (primary N) is 1. The number of hydrogen-bond donors (Lipinski definition) is 2. The number of halogens is 5. The monoisotopic (exact) mass is 394 g/mol. The van der Waals surface area contributed by atoms with Gasteiger partial charge in [0.25, 0.3) is 0 Å². The Bertz CT molecular complexity index is 607. The lowest BCUT2D eigenvalue weighted by Gasteiger charge is -2.11. The lowest BCUT2D eigenvalue weighted by atomic mass is 10.3. The van der Waals surface area contributed by atoms with E-state index < -0.39 is 35.2 Å². The Kier molecular flexibility index (Phi) is 5.96. The molecule has 0 aliphatic rings. The summed E-state index contributed by atoms with van der Waals surface area (Å²) >= 11 is 2.87. The Balaban J connectivity index is 2.64. The van der Waals surface area contributed by atoms with E-state index in [1.54, 1.807) is 0 Å². The number of benzene rings is 1. The molecule has 3 N–H and O–H groups in total. The van der Waals surface area contributed by atoms with Crippen molar-refractivity contribution in [2.24, 2.45) is 0 Å². The van der Waals surface area contributed by atoms with E-state index in [4.69, 9.17) is 5.73 Å². The Morgan fingerprint density at radius 1 is 1.33 bits per heavy atom. The summed E-state index contributed by atoms with van der Waals surface area (Å²) in [6.07, 6.45) is -4.48. The minimum absolute atomic E-state index is 0.0575. The number of anilines is 1. The number of nitrogen functional groups attached to an aromatic ring is 1. The fourth-order valence-corrected chi connectivity index (χ4v) is 3.32. The second-order valence-corrected chi connectivity index (χ2v) is 6.46. The van der Waals surface area contributed by atoms with Gasteiger partial charge >= 0.3 is 6.18 Å². The van der Waals surface area contributed by atoms with Gasteiger partial charge in [0, 0.05) is 11.0 Å². The molecule has 0 radical (unpaired) electrons. The topological polar surface area (TPSA) is 81.4 Å². The number of alkyl halides is 3. The quantitative estimate of drug-likeness (QED) is 0.439. The Labute approximate surface area is 126 Å². The first-order chi connectivity index (χ1) is 9.53. The van der Waals surface area contributed by atoms with Crippen LogP contribution in [0.4, 0.5) is 23.2 Å². The standard InChI is InChI=1S/C10H11BrF4N2O3S/c11-6-3-7(12)8(16)4-9(6)21(18,19)17-1-2-20-5-10(13,14)15/h3-4,17H,1-2,5,16H2. The molecule has 120 valence electrons. The lowest BCUT2D eigenvalue weighted by molar-refractivity contribution is -0.173. The Morgan fingerprint density at radius 2 is 1.95 bits per heavy atom. The molecule has 0 bridgehead atoms. The molecule has 0 unspecified atom stereocenters. The molecule has 0 spiro atoms. The van der Waals surface area contributed by atoms with E-state index in [9.17, 15) is 26.0 Å². The highest BCUT2D eigenvalue weighted by molar-refractivity contribution is 9.10. The van der Waals surface area contributed by atoms with Crippen molar-refractivity contribution < 1.29 is 30.7 Å². The fraction of sp³-hybridized carbons (Fsp3) is 0.400. The SMILES string of the molecule is Nc1cc(S(=O)(=O)NCCOCC(F)(F)F)c(Br)cc1F. The van der Waals surface area contributed by atoms with Crippen molar-refractivity contribution in [2.75, 3.05) is 25.5 Å². The van der Waals surface area contributed by atoms with Crippen LogP contribution in [0.5, 0.6) is 0 Å². The van der Waals surface area contributed by atoms with Gasteiger partial charge in [-0.1, -0.05) is 0 Å². The van der Waals surface area contributed by atoms with Crippen molar-refractivity contribution >= 4 is 31.6 Å². The van der Waals surface area contributed by atoms with Crippen molar-refractivity contribution in [2.45, 2.75) is 11.1 Å². The molecule has 1 aromatic rings. The summed E-state index contributed by atoms with van der Waals surface area (Å²) < 4.78 is 78.5. The molecule has 1 rings (SSSR count). The summed E-state index contributed by atoms with van der Waals surface area (Å²) in [6, 6.07) is 1.78. The highest BCUT2D eigenvalue weighted by atomic mass is 79.9. The van der Waals surface area contributed by atoms with Crippen molar-refractivity contribution in [3.63, 3.8) is 0 Å². The van der Waals surface area contributed by atoms with E-state index in [0.29, 0.717) is 0 Å². The third-order valence-corrected chi connectivity index (χ3v) is 4.56. The molecular formula is C10H11BrF4N2O3S. The molecule has 0 saturated heterocycles. The van der Waals surface area contributed by atoms with Crippen LogP contribution < -0.4 is 10.5 Å². The number of ether oxygens (including phenoxy) is 1. The molecule has 0 amide bonds. The van der Waals surface area contributed by atoms with Gasteiger partial charge in [0.05, 0.1) is 17.2 Å². The van der Waals surface area contributed by atoms with E-state index in [-0.39, 0.29) is 21.6 Å². The molecular weight excluding hydrogens is 384 g/mol. The maximum absolute atomic E-state index is 13.1. The van der Waals surface area contributed by atoms with Crippen LogP contribution in [-0.2, 0) is 14.8 Å². The highest BCUT2D eigenvalue weighted by Gasteiger charge is 2.27. The molecule has 0 fully saturated rings. The predicted molar refractivity (Wildman–Crippen MR) is 70.6 cm³/mol. The van der Waals surface area contributed by atoms with Gasteiger partial charge in [0.2, 0.25) is 10.0 Å². The van der Waals surface area contributed by atoms with E-state index in [1.807, 2.05) is 4.72 Å². The highest BCUT2D eigenvalue weighted by Crippen LogP contribution is 2.26. The minimum Gasteiger partial charge on any atom is -0.396 e. The van der Waals surface area contributed by atoms with Gasteiger partial charge in [-0.15, -0.1) is 0 Å². The van der Waals surface area contributed by atoms with Crippen LogP contribution >= 0.6 is 15.9 Å². The Hall–Kier alpha value is -0.910. The van der Waals surface area contributed by atoms with Crippen molar-refractivity contribution in [1.82, 2.24) is 4.72 Å². The van der Waals surface area contributed by atoms with Gasteiger partial charge in [-0.3, -0.25) is 0 Å². The van der Waals surface area contributed by atoms with Gasteiger partial charge in [0.1, 0.15) is 12.4 Å². The zero-order valence-corrected chi connectivity index (χ0v) is 12.8. The zero-order valence-electron chi connectivity index (χ0n) is 10.4. The number of hydrogen-bond acceptors (Lipinski definition) is 4. The van der Waals surface area contributed by atoms with Gasteiger partial charge in [0.15, 0.2) is 0 Å². The van der Waals surface area contributed by atoms with Crippen LogP contribution in [0.15, 0.2) is 21.5 Å². The first-order valence-electron chi connectivity index (χ1n) is 5.41. The second kappa shape index (κ2) is 6.90. The number of nitrogens with one attached hydrogen (secondary N) is 1. The summed E-state index contributed by atoms with van der Waals surface area (Å²) in [7, 11) is -4.05. The normalized spacial score (nSPS) is 12.6. The average Bonchev–Trinajstić information content (AvgIpc) is 2.31. The molecule has 5 nitrogen and oxygen atoms in total. The smallest absolute Gasteiger partial charge is 0.396 e. The molecule has 0 aliphatic heterocycles. The van der Waals surface area contributed by atoms with Crippen LogP contribution in [0.1, 0.15) is 0 Å². The minimum atomic E-state index is -4.48. The lowest BCUT2D eigenvalue weighted by Crippen LogP contribution is -2.29. The predicted octanol–water partition coefficient (Wildman–Crippen LogP) is 2.03. The molecule has 1 aromatic carbocycles. The van der Waals surface area contributed by atoms with E-state index in [2.05, 4.69) is 20.7 Å². The van der Waals surface area contributed by atoms with E-state index in [0.717, 1.165) is 12.1 Å². The summed E-state index contributed by atoms with van der Waals surface area (Å²) in [5.41, 5.74) is 4.90. The van der Waals surface area contributed by atoms with Crippen molar-refractivity contribution in [3.05, 3.63) is 22.4 Å². The fourth-order valence-electron chi connectivity index (χ4n) is 1.26. The average molecular weight is 395 g/mol. The van der Waals surface area contributed by atoms with Crippen molar-refractivity contribution in [1.29, 1.82) is 0 Å². The molecule has 0 atom stereocenters. The van der Waals surface area contributed by atoms with Crippen LogP contribution in [0.3, 0.4) is 0 Å². The number of rotatable bonds is 6. The van der Waals surface area contributed by atoms with Crippen LogP contribution in [0.25, 0.3) is 0 Å². The van der Waals surface area contributed by atoms with Gasteiger partial charge in [-0.25, -0.2) is 17.5 Å². The first kappa shape index (κ1) is 18.1. The summed E-state index contributed by atoms with van der Waals surface area (Å²) in [4.78, 5) is -0.322. The van der Waals surface area contributed by atoms with E-state index >= 15 is 0 Å². The van der Waals surface area contributed by atoms with Gasteiger partial charge in [-0.05, 0) is 28.1 Å². The van der Waals surface area contributed by atoms with E-state index in [1.165, 1.54) is 0 Å². The molecule has 21 heavy (non-hydrogen) atoms. The molecule has 0 aliphatic carbocycles. The van der Waals surface area contributed by atoms with Crippen LogP contribution in [0, 0.1) is 5.82 Å². The maximum Gasteiger partial charge on any atom is 0.411 e. The van der Waals surface area contributed by atoms with Crippen molar-refractivity contribution in [3.8, 4) is 0 Å². The van der Waals surface area contributed by atoms with Gasteiger partial charge < -0.3 is 10.5 Å². The third kappa shape index (κ3) is 5.77. The van der Waals surface area contributed by atoms with Crippen LogP contribution in [-0.4, -0.2) is 34.4 Å². The maximum atomic E-state index is 13.1. The van der Waals surface area contributed by atoms with Crippen LogP contribution in [0.2, 0.25) is 0 Å². The third-order valence-electron chi connectivity index (χ3n) is 2.14. The zero-order chi connectivity index (χ0) is 16.3. The second-order valence-electron chi connectivity index (χ2n) is 3.87. The summed E-state index contributed by atoms with van der Waals surface area (Å²) in [5, 5.41) is 0. The Morgan fingerprint density at radius 3 is 2.52 bits per heavy atom. The largest absolute Gasteiger partial charge is 0.411 e. The summed E-state index contributed by atoms with van der Waals surface area (Å²) in [5.74, 6) is -0.797. The molecule has 0 aromatic heterocycles. The molecule has 0 saturated carbocycles. The van der Waals surface area contributed by atoms with Gasteiger partial charge in [-0.2, -0.15) is 13.2 Å². The molecule has 11 heteroatoms.